The predicted octanol–water partition coefficient (Wildman–Crippen LogP) is 3.15. The van der Waals surface area contributed by atoms with Gasteiger partial charge in [-0.3, -0.25) is 19.5 Å². The highest BCUT2D eigenvalue weighted by Crippen LogP contribution is 2.33. The number of H-pyrrole nitrogens is 1. The van der Waals surface area contributed by atoms with Gasteiger partial charge in [0.2, 0.25) is 5.91 Å². The third kappa shape index (κ3) is 4.77. The monoisotopic (exact) mass is 468 g/mol. The minimum Gasteiger partial charge on any atom is -0.493 e. The van der Waals surface area contributed by atoms with Crippen LogP contribution in [-0.2, 0) is 18.3 Å². The summed E-state index contributed by atoms with van der Waals surface area (Å²) in [6.07, 6.45) is 4.70. The Morgan fingerprint density at radius 2 is 2.03 bits per heavy atom. The molecule has 0 atom stereocenters. The molecule has 34 heavy (non-hydrogen) atoms. The highest BCUT2D eigenvalue weighted by Gasteiger charge is 2.26. The van der Waals surface area contributed by atoms with Crippen LogP contribution in [0.15, 0.2) is 23.0 Å². The van der Waals surface area contributed by atoms with Crippen LogP contribution in [0, 0.1) is 5.92 Å². The fourth-order valence-electron chi connectivity index (χ4n) is 4.69. The van der Waals surface area contributed by atoms with Crippen LogP contribution in [0.5, 0.6) is 5.75 Å². The molecule has 10 nitrogen and oxygen atoms in total. The largest absolute Gasteiger partial charge is 0.493 e. The van der Waals surface area contributed by atoms with Crippen molar-refractivity contribution in [1.29, 1.82) is 0 Å². The van der Waals surface area contributed by atoms with Crippen LogP contribution in [0.4, 0.5) is 5.69 Å². The van der Waals surface area contributed by atoms with Crippen LogP contribution in [0.2, 0.25) is 0 Å². The first kappa shape index (κ1) is 23.7. The topological polar surface area (TPSA) is 134 Å². The molecule has 2 aromatic heterocycles. The molecule has 0 saturated heterocycles. The number of fused-ring (bicyclic) bond motifs is 1. The lowest BCUT2D eigenvalue weighted by Gasteiger charge is -2.28. The molecule has 0 aliphatic heterocycles. The fourth-order valence-corrected chi connectivity index (χ4v) is 4.69. The first-order valence-electron chi connectivity index (χ1n) is 11.9. The van der Waals surface area contributed by atoms with Gasteiger partial charge in [0.05, 0.1) is 17.9 Å². The van der Waals surface area contributed by atoms with Gasteiger partial charge in [-0.15, -0.1) is 0 Å². The van der Waals surface area contributed by atoms with E-state index in [0.717, 1.165) is 37.1 Å². The summed E-state index contributed by atoms with van der Waals surface area (Å²) in [5.74, 6) is 0.611. The summed E-state index contributed by atoms with van der Waals surface area (Å²) in [6.45, 7) is 4.47. The zero-order valence-electron chi connectivity index (χ0n) is 19.9. The normalized spacial score (nSPS) is 18.1. The molecule has 0 unspecified atom stereocenters. The van der Waals surface area contributed by atoms with Gasteiger partial charge in [0.25, 0.3) is 5.56 Å². The maximum absolute atomic E-state index is 12.9. The SMILES string of the molecule is CCCc1nn(C)c2c(=O)[nH]c(-c3cc(NC4CCC(C(=O)NO)CC4)ccc3OCC)nc12. The highest BCUT2D eigenvalue weighted by atomic mass is 16.5. The molecule has 1 aromatic carbocycles. The highest BCUT2D eigenvalue weighted by molar-refractivity contribution is 5.80. The number of hydrogen-bond donors (Lipinski definition) is 4. The summed E-state index contributed by atoms with van der Waals surface area (Å²) in [4.78, 5) is 32.3. The molecular weight excluding hydrogens is 436 g/mol. The lowest BCUT2D eigenvalue weighted by atomic mass is 9.85. The number of carbonyl (C=O) groups excluding carboxylic acids is 1. The van der Waals surface area contributed by atoms with Gasteiger partial charge >= 0.3 is 0 Å². The molecular formula is C24H32N6O4. The lowest BCUT2D eigenvalue weighted by molar-refractivity contribution is -0.134. The van der Waals surface area contributed by atoms with E-state index in [1.54, 1.807) is 17.2 Å². The summed E-state index contributed by atoms with van der Waals surface area (Å²) in [7, 11) is 1.76. The number of aryl methyl sites for hydroxylation is 2. The number of carbonyl (C=O) groups is 1. The number of rotatable bonds is 8. The fraction of sp³-hybridized carbons (Fsp3) is 0.500. The van der Waals surface area contributed by atoms with E-state index >= 15 is 0 Å². The Labute approximate surface area is 197 Å². The maximum atomic E-state index is 12.9. The number of aromatic amines is 1. The van der Waals surface area contributed by atoms with Gasteiger partial charge in [-0.05, 0) is 57.2 Å². The summed E-state index contributed by atoms with van der Waals surface area (Å²) in [5.41, 5.74) is 4.99. The Bertz CT molecular complexity index is 1230. The number of ether oxygens (including phenoxy) is 1. The molecule has 0 spiro atoms. The smallest absolute Gasteiger partial charge is 0.277 e. The Morgan fingerprint density at radius 3 is 2.71 bits per heavy atom. The van der Waals surface area contributed by atoms with Crippen molar-refractivity contribution in [2.24, 2.45) is 13.0 Å². The third-order valence-corrected chi connectivity index (χ3v) is 6.36. The average Bonchev–Trinajstić information content (AvgIpc) is 3.16. The van der Waals surface area contributed by atoms with Crippen LogP contribution >= 0.6 is 0 Å². The number of hydrogen-bond acceptors (Lipinski definition) is 7. The van der Waals surface area contributed by atoms with Gasteiger partial charge in [-0.25, -0.2) is 10.5 Å². The van der Waals surface area contributed by atoms with Crippen LogP contribution in [0.1, 0.15) is 51.6 Å². The van der Waals surface area contributed by atoms with Crippen molar-refractivity contribution in [3.63, 3.8) is 0 Å². The van der Waals surface area contributed by atoms with E-state index in [0.29, 0.717) is 47.6 Å². The van der Waals surface area contributed by atoms with Gasteiger partial charge < -0.3 is 15.0 Å². The summed E-state index contributed by atoms with van der Waals surface area (Å²) in [6, 6.07) is 5.98. The van der Waals surface area contributed by atoms with E-state index in [1.807, 2.05) is 25.1 Å². The minimum atomic E-state index is -0.315. The molecule has 1 saturated carbocycles. The molecule has 4 rings (SSSR count). The van der Waals surface area contributed by atoms with Crippen LogP contribution < -0.4 is 21.1 Å². The first-order valence-corrected chi connectivity index (χ1v) is 11.9. The second-order valence-electron chi connectivity index (χ2n) is 8.74. The van der Waals surface area contributed by atoms with Crippen molar-refractivity contribution in [3.8, 4) is 17.1 Å². The Hall–Kier alpha value is -3.40. The molecule has 1 amide bonds. The molecule has 182 valence electrons. The summed E-state index contributed by atoms with van der Waals surface area (Å²) in [5, 5.41) is 16.9. The number of nitrogens with one attached hydrogen (secondary N) is 3. The average molecular weight is 469 g/mol. The summed E-state index contributed by atoms with van der Waals surface area (Å²) < 4.78 is 7.43. The zero-order chi connectivity index (χ0) is 24.2. The van der Waals surface area contributed by atoms with Crippen molar-refractivity contribution in [1.82, 2.24) is 25.2 Å². The van der Waals surface area contributed by atoms with Crippen molar-refractivity contribution < 1.29 is 14.7 Å². The van der Waals surface area contributed by atoms with Crippen molar-refractivity contribution >= 4 is 22.6 Å². The number of anilines is 1. The molecule has 0 bridgehead atoms. The molecule has 2 heterocycles. The molecule has 10 heteroatoms. The molecule has 3 aromatic rings. The second kappa shape index (κ2) is 10.3. The second-order valence-corrected chi connectivity index (χ2v) is 8.74. The van der Waals surface area contributed by atoms with Gasteiger partial charge in [0.1, 0.15) is 17.1 Å². The number of nitrogens with zero attached hydrogens (tertiary/aromatic N) is 3. The predicted molar refractivity (Wildman–Crippen MR) is 129 cm³/mol. The van der Waals surface area contributed by atoms with E-state index in [9.17, 15) is 9.59 Å². The maximum Gasteiger partial charge on any atom is 0.277 e. The molecule has 1 aliphatic carbocycles. The van der Waals surface area contributed by atoms with Crippen LogP contribution in [-0.4, -0.2) is 43.5 Å². The van der Waals surface area contributed by atoms with E-state index in [1.165, 1.54) is 0 Å². The Kier molecular flexibility index (Phi) is 7.16. The first-order chi connectivity index (χ1) is 16.4. The number of benzene rings is 1. The zero-order valence-corrected chi connectivity index (χ0v) is 19.9. The van der Waals surface area contributed by atoms with Gasteiger partial charge in [-0.1, -0.05) is 13.3 Å². The van der Waals surface area contributed by atoms with Gasteiger partial charge in [-0.2, -0.15) is 5.10 Å². The summed E-state index contributed by atoms with van der Waals surface area (Å²) >= 11 is 0. The molecule has 4 N–H and O–H groups in total. The molecule has 1 aliphatic rings. The molecule has 1 fully saturated rings. The standard InChI is InChI=1S/C24H32N6O4/c1-4-6-18-20-21(30(3)28-18)24(32)27-22(26-20)17-13-16(11-12-19(17)34-5-2)25-15-9-7-14(8-10-15)23(31)29-33/h11-15,25,33H,4-10H2,1-3H3,(H,29,31)(H,26,27,32). The van der Waals surface area contributed by atoms with Gasteiger partial charge in [0.15, 0.2) is 5.52 Å². The van der Waals surface area contributed by atoms with Crippen molar-refractivity contribution in [3.05, 3.63) is 34.2 Å². The number of amides is 1. The van der Waals surface area contributed by atoms with Crippen LogP contribution in [0.25, 0.3) is 22.4 Å². The third-order valence-electron chi connectivity index (χ3n) is 6.36. The van der Waals surface area contributed by atoms with Crippen molar-refractivity contribution in [2.45, 2.75) is 58.4 Å². The minimum absolute atomic E-state index is 0.156. The van der Waals surface area contributed by atoms with E-state index in [4.69, 9.17) is 14.9 Å². The van der Waals surface area contributed by atoms with Gasteiger partial charge in [0, 0.05) is 24.7 Å². The van der Waals surface area contributed by atoms with E-state index < -0.39 is 0 Å². The number of hydroxylamine groups is 1. The number of aromatic nitrogens is 4. The van der Waals surface area contributed by atoms with E-state index in [-0.39, 0.29) is 23.4 Å². The Balaban J connectivity index is 1.66. The van der Waals surface area contributed by atoms with Crippen LogP contribution in [0.3, 0.4) is 0 Å². The quantitative estimate of drug-likeness (QED) is 0.295. The lowest BCUT2D eigenvalue weighted by Crippen LogP contribution is -2.34. The van der Waals surface area contributed by atoms with E-state index in [2.05, 4.69) is 22.3 Å². The Morgan fingerprint density at radius 1 is 1.26 bits per heavy atom. The van der Waals surface area contributed by atoms with Crippen molar-refractivity contribution in [2.75, 3.05) is 11.9 Å². The molecule has 0 radical (unpaired) electrons.